The summed E-state index contributed by atoms with van der Waals surface area (Å²) in [6.07, 6.45) is 0. The monoisotopic (exact) mass is 273 g/mol. The SMILES string of the molecule is Cc1cccc(C(=O)Nc2cccc(C(=O)Cl)c2)c1. The lowest BCUT2D eigenvalue weighted by Gasteiger charge is -2.06. The van der Waals surface area contributed by atoms with Crippen LogP contribution in [0.2, 0.25) is 0 Å². The number of carbonyl (C=O) groups is 2. The van der Waals surface area contributed by atoms with E-state index in [1.165, 1.54) is 0 Å². The number of benzene rings is 2. The molecule has 96 valence electrons. The number of amides is 1. The zero-order valence-electron chi connectivity index (χ0n) is 10.3. The first-order chi connectivity index (χ1) is 9.06. The molecule has 0 aromatic heterocycles. The van der Waals surface area contributed by atoms with Crippen LogP contribution in [0.1, 0.15) is 26.3 Å². The lowest BCUT2D eigenvalue weighted by Crippen LogP contribution is -2.12. The van der Waals surface area contributed by atoms with Crippen LogP contribution in [0.25, 0.3) is 0 Å². The Bertz CT molecular complexity index is 638. The highest BCUT2D eigenvalue weighted by molar-refractivity contribution is 6.67. The van der Waals surface area contributed by atoms with Crippen molar-refractivity contribution in [3.63, 3.8) is 0 Å². The van der Waals surface area contributed by atoms with Crippen molar-refractivity contribution in [2.24, 2.45) is 0 Å². The summed E-state index contributed by atoms with van der Waals surface area (Å²) < 4.78 is 0. The molecule has 1 amide bonds. The average Bonchev–Trinajstić information content (AvgIpc) is 2.39. The summed E-state index contributed by atoms with van der Waals surface area (Å²) in [5.41, 5.74) is 2.47. The lowest BCUT2D eigenvalue weighted by atomic mass is 10.1. The molecule has 0 saturated heterocycles. The summed E-state index contributed by atoms with van der Waals surface area (Å²) in [6, 6.07) is 13.8. The molecule has 0 aliphatic carbocycles. The molecule has 0 heterocycles. The van der Waals surface area contributed by atoms with Gasteiger partial charge in [0.25, 0.3) is 11.1 Å². The van der Waals surface area contributed by atoms with Crippen molar-refractivity contribution in [3.8, 4) is 0 Å². The molecule has 0 radical (unpaired) electrons. The Labute approximate surface area is 116 Å². The van der Waals surface area contributed by atoms with Crippen molar-refractivity contribution in [3.05, 3.63) is 65.2 Å². The number of anilines is 1. The van der Waals surface area contributed by atoms with Gasteiger partial charge in [-0.15, -0.1) is 0 Å². The van der Waals surface area contributed by atoms with Crippen molar-refractivity contribution in [2.45, 2.75) is 6.92 Å². The van der Waals surface area contributed by atoms with Gasteiger partial charge in [0.2, 0.25) is 0 Å². The van der Waals surface area contributed by atoms with Gasteiger partial charge in [-0.1, -0.05) is 23.8 Å². The largest absolute Gasteiger partial charge is 0.322 e. The molecule has 0 bridgehead atoms. The quantitative estimate of drug-likeness (QED) is 0.868. The van der Waals surface area contributed by atoms with Gasteiger partial charge in [0.1, 0.15) is 0 Å². The van der Waals surface area contributed by atoms with Crippen molar-refractivity contribution in [1.29, 1.82) is 0 Å². The second kappa shape index (κ2) is 5.67. The summed E-state index contributed by atoms with van der Waals surface area (Å²) in [7, 11) is 0. The van der Waals surface area contributed by atoms with Gasteiger partial charge in [-0.05, 0) is 48.9 Å². The lowest BCUT2D eigenvalue weighted by molar-refractivity contribution is 0.102. The Morgan fingerprint density at radius 1 is 1.00 bits per heavy atom. The fraction of sp³-hybridized carbons (Fsp3) is 0.0667. The first kappa shape index (κ1) is 13.3. The fourth-order valence-electron chi connectivity index (χ4n) is 1.71. The van der Waals surface area contributed by atoms with Gasteiger partial charge in [-0.3, -0.25) is 9.59 Å². The van der Waals surface area contributed by atoms with Crippen LogP contribution in [0.4, 0.5) is 5.69 Å². The number of hydrogen-bond acceptors (Lipinski definition) is 2. The number of halogens is 1. The van der Waals surface area contributed by atoms with Crippen LogP contribution in [0.5, 0.6) is 0 Å². The van der Waals surface area contributed by atoms with Crippen molar-refractivity contribution < 1.29 is 9.59 Å². The van der Waals surface area contributed by atoms with Gasteiger partial charge in [0.15, 0.2) is 0 Å². The molecule has 2 aromatic carbocycles. The molecule has 0 atom stereocenters. The Kier molecular flexibility index (Phi) is 3.97. The predicted octanol–water partition coefficient (Wildman–Crippen LogP) is 3.63. The highest BCUT2D eigenvalue weighted by Crippen LogP contribution is 2.14. The summed E-state index contributed by atoms with van der Waals surface area (Å²) in [6.45, 7) is 1.92. The topological polar surface area (TPSA) is 46.2 Å². The zero-order chi connectivity index (χ0) is 13.8. The normalized spacial score (nSPS) is 10.0. The molecule has 0 saturated carbocycles. The van der Waals surface area contributed by atoms with Gasteiger partial charge in [-0.2, -0.15) is 0 Å². The fourth-order valence-corrected chi connectivity index (χ4v) is 1.83. The minimum absolute atomic E-state index is 0.220. The number of hydrogen-bond donors (Lipinski definition) is 1. The van der Waals surface area contributed by atoms with Crippen LogP contribution in [-0.4, -0.2) is 11.1 Å². The van der Waals surface area contributed by atoms with Crippen LogP contribution in [0.3, 0.4) is 0 Å². The molecule has 1 N–H and O–H groups in total. The van der Waals surface area contributed by atoms with E-state index >= 15 is 0 Å². The molecular formula is C15H12ClNO2. The maximum absolute atomic E-state index is 12.0. The van der Waals surface area contributed by atoms with Gasteiger partial charge in [0, 0.05) is 16.8 Å². The molecule has 0 aliphatic rings. The molecule has 0 unspecified atom stereocenters. The molecule has 3 nitrogen and oxygen atoms in total. The molecule has 0 spiro atoms. The zero-order valence-corrected chi connectivity index (χ0v) is 11.1. The molecule has 2 rings (SSSR count). The second-order valence-corrected chi connectivity index (χ2v) is 4.52. The van der Waals surface area contributed by atoms with Crippen LogP contribution in [0, 0.1) is 6.92 Å². The molecule has 0 fully saturated rings. The van der Waals surface area contributed by atoms with Gasteiger partial charge in [-0.25, -0.2) is 0 Å². The van der Waals surface area contributed by atoms with E-state index in [0.29, 0.717) is 16.8 Å². The maximum Gasteiger partial charge on any atom is 0.255 e. The average molecular weight is 274 g/mol. The Balaban J connectivity index is 2.19. The van der Waals surface area contributed by atoms with E-state index in [0.717, 1.165) is 5.56 Å². The first-order valence-electron chi connectivity index (χ1n) is 5.74. The van der Waals surface area contributed by atoms with Crippen molar-refractivity contribution in [1.82, 2.24) is 0 Å². The Hall–Kier alpha value is -2.13. The van der Waals surface area contributed by atoms with Crippen LogP contribution >= 0.6 is 11.6 Å². The molecule has 0 aliphatic heterocycles. The number of nitrogens with one attached hydrogen (secondary N) is 1. The first-order valence-corrected chi connectivity index (χ1v) is 6.12. The maximum atomic E-state index is 12.0. The summed E-state index contributed by atoms with van der Waals surface area (Å²) in [5.74, 6) is -0.220. The number of carbonyl (C=O) groups excluding carboxylic acids is 2. The molecular weight excluding hydrogens is 262 g/mol. The minimum atomic E-state index is -0.549. The summed E-state index contributed by atoms with van der Waals surface area (Å²) in [4.78, 5) is 23.1. The second-order valence-electron chi connectivity index (χ2n) is 4.18. The third-order valence-corrected chi connectivity index (χ3v) is 2.85. The summed E-state index contributed by atoms with van der Waals surface area (Å²) in [5, 5.41) is 2.18. The smallest absolute Gasteiger partial charge is 0.255 e. The Morgan fingerprint density at radius 2 is 1.68 bits per heavy atom. The third-order valence-electron chi connectivity index (χ3n) is 2.63. The van der Waals surface area contributed by atoms with Crippen molar-refractivity contribution in [2.75, 3.05) is 5.32 Å². The van der Waals surface area contributed by atoms with Crippen molar-refractivity contribution >= 4 is 28.4 Å². The van der Waals surface area contributed by atoms with Crippen LogP contribution in [-0.2, 0) is 0 Å². The van der Waals surface area contributed by atoms with Gasteiger partial charge in [0.05, 0.1) is 0 Å². The predicted molar refractivity (Wildman–Crippen MR) is 75.8 cm³/mol. The van der Waals surface area contributed by atoms with E-state index in [9.17, 15) is 9.59 Å². The highest BCUT2D eigenvalue weighted by Gasteiger charge is 2.07. The number of rotatable bonds is 3. The number of aryl methyl sites for hydroxylation is 1. The van der Waals surface area contributed by atoms with Crippen LogP contribution < -0.4 is 5.32 Å². The van der Waals surface area contributed by atoms with E-state index in [4.69, 9.17) is 11.6 Å². The van der Waals surface area contributed by atoms with E-state index in [1.54, 1.807) is 36.4 Å². The van der Waals surface area contributed by atoms with Gasteiger partial charge >= 0.3 is 0 Å². The molecule has 4 heteroatoms. The minimum Gasteiger partial charge on any atom is -0.322 e. The van der Waals surface area contributed by atoms with E-state index in [1.807, 2.05) is 19.1 Å². The van der Waals surface area contributed by atoms with Crippen LogP contribution in [0.15, 0.2) is 48.5 Å². The van der Waals surface area contributed by atoms with E-state index in [2.05, 4.69) is 5.32 Å². The standard InChI is InChI=1S/C15H12ClNO2/c1-10-4-2-6-12(8-10)15(19)17-13-7-3-5-11(9-13)14(16)18/h2-9H,1H3,(H,17,19). The molecule has 19 heavy (non-hydrogen) atoms. The summed E-state index contributed by atoms with van der Waals surface area (Å²) >= 11 is 5.40. The highest BCUT2D eigenvalue weighted by atomic mass is 35.5. The Morgan fingerprint density at radius 3 is 2.37 bits per heavy atom. The van der Waals surface area contributed by atoms with E-state index in [-0.39, 0.29) is 5.91 Å². The molecule has 2 aromatic rings. The van der Waals surface area contributed by atoms with E-state index < -0.39 is 5.24 Å². The third kappa shape index (κ3) is 3.42. The van der Waals surface area contributed by atoms with Gasteiger partial charge < -0.3 is 5.32 Å².